The highest BCUT2D eigenvalue weighted by Crippen LogP contribution is 2.14. The summed E-state index contributed by atoms with van der Waals surface area (Å²) in [6.07, 6.45) is 1.78. The molecule has 0 aliphatic carbocycles. The van der Waals surface area contributed by atoms with E-state index < -0.39 is 0 Å². The lowest BCUT2D eigenvalue weighted by Gasteiger charge is -2.23. The first-order valence-corrected chi connectivity index (χ1v) is 9.96. The Bertz CT molecular complexity index is 911. The first-order chi connectivity index (χ1) is 13.6. The molecule has 1 amide bonds. The van der Waals surface area contributed by atoms with Crippen LogP contribution in [0.3, 0.4) is 0 Å². The second-order valence-electron chi connectivity index (χ2n) is 8.16. The number of carbonyl (C=O) groups excluding carboxylic acids is 1. The summed E-state index contributed by atoms with van der Waals surface area (Å²) in [4.78, 5) is 14.0. The van der Waals surface area contributed by atoms with Gasteiger partial charge in [0.2, 0.25) is 5.91 Å². The summed E-state index contributed by atoms with van der Waals surface area (Å²) in [5.41, 5.74) is 0.867. The van der Waals surface area contributed by atoms with Crippen molar-refractivity contribution in [3.63, 3.8) is 0 Å². The van der Waals surface area contributed by atoms with E-state index in [9.17, 15) is 4.79 Å². The van der Waals surface area contributed by atoms with E-state index in [-0.39, 0.29) is 18.0 Å². The van der Waals surface area contributed by atoms with Crippen LogP contribution in [0.1, 0.15) is 32.2 Å². The fourth-order valence-corrected chi connectivity index (χ4v) is 3.11. The molecule has 0 spiro atoms. The molecule has 0 bridgehead atoms. The monoisotopic (exact) mass is 417 g/mol. The number of nitrogens with one attached hydrogen (secondary N) is 1. The van der Waals surface area contributed by atoms with Crippen LogP contribution in [0, 0.1) is 11.7 Å². The number of aromatic nitrogens is 3. The zero-order valence-electron chi connectivity index (χ0n) is 17.9. The molecule has 0 radical (unpaired) electrons. The van der Waals surface area contributed by atoms with Crippen molar-refractivity contribution in [2.45, 2.75) is 53.1 Å². The summed E-state index contributed by atoms with van der Waals surface area (Å²) in [5.74, 6) is 1.45. The van der Waals surface area contributed by atoms with E-state index in [1.54, 1.807) is 10.8 Å². The van der Waals surface area contributed by atoms with E-state index in [1.165, 1.54) is 0 Å². The lowest BCUT2D eigenvalue weighted by Crippen LogP contribution is -2.45. The maximum atomic E-state index is 12.2. The Morgan fingerprint density at radius 2 is 2.14 bits per heavy atom. The minimum Gasteiger partial charge on any atom is -0.486 e. The quantitative estimate of drug-likeness (QED) is 0.501. The highest BCUT2D eigenvalue weighted by molar-refractivity contribution is 7.71. The molecular weight excluding hydrogens is 386 g/mol. The molecule has 29 heavy (non-hydrogen) atoms. The number of aryl methyl sites for hydroxylation is 1. The van der Waals surface area contributed by atoms with Crippen LogP contribution in [-0.2, 0) is 24.6 Å². The Morgan fingerprint density at radius 1 is 1.41 bits per heavy atom. The van der Waals surface area contributed by atoms with E-state index in [1.807, 2.05) is 68.5 Å². The smallest absolute Gasteiger partial charge is 0.234 e. The number of allylic oxidation sites excluding steroid dienone is 1. The summed E-state index contributed by atoms with van der Waals surface area (Å²) in [5, 5.41) is 7.57. The zero-order chi connectivity index (χ0) is 21.6. The van der Waals surface area contributed by atoms with Crippen molar-refractivity contribution >= 4 is 18.1 Å². The van der Waals surface area contributed by atoms with Gasteiger partial charge in [0.25, 0.3) is 0 Å². The van der Waals surface area contributed by atoms with Gasteiger partial charge in [0.15, 0.2) is 10.6 Å². The molecule has 0 fully saturated rings. The molecule has 8 heteroatoms. The van der Waals surface area contributed by atoms with Gasteiger partial charge < -0.3 is 10.1 Å². The number of hydrogen-bond acceptors (Lipinski definition) is 5. The Hall–Kier alpha value is -2.45. The lowest BCUT2D eigenvalue weighted by atomic mass is 10.1. The van der Waals surface area contributed by atoms with Gasteiger partial charge in [-0.3, -0.25) is 14.3 Å². The minimum atomic E-state index is -0.264. The Kier molecular flexibility index (Phi) is 7.75. The molecule has 0 unspecified atom stereocenters. The van der Waals surface area contributed by atoms with Gasteiger partial charge in [-0.1, -0.05) is 18.2 Å². The highest BCUT2D eigenvalue weighted by Gasteiger charge is 2.17. The van der Waals surface area contributed by atoms with E-state index in [0.29, 0.717) is 30.4 Å². The van der Waals surface area contributed by atoms with Crippen LogP contribution in [0.15, 0.2) is 36.9 Å². The molecule has 7 nitrogen and oxygen atoms in total. The van der Waals surface area contributed by atoms with Gasteiger partial charge in [-0.05, 0) is 64.7 Å². The van der Waals surface area contributed by atoms with Crippen molar-refractivity contribution in [3.8, 4) is 5.75 Å². The molecule has 1 aromatic carbocycles. The maximum Gasteiger partial charge on any atom is 0.234 e. The zero-order valence-corrected chi connectivity index (χ0v) is 18.8. The molecule has 2 rings (SSSR count). The van der Waals surface area contributed by atoms with Crippen LogP contribution in [0.4, 0.5) is 0 Å². The van der Waals surface area contributed by atoms with Crippen molar-refractivity contribution in [1.29, 1.82) is 0 Å². The molecular formula is C21H31N5O2S. The SMILES string of the molecule is C=CCn1c(COc2cccc(C)c2)nn(CN(C)CC(=O)NC(C)(C)C)c1=S. The van der Waals surface area contributed by atoms with E-state index in [4.69, 9.17) is 17.0 Å². The Balaban J connectivity index is 2.10. The molecule has 0 saturated heterocycles. The highest BCUT2D eigenvalue weighted by atomic mass is 32.1. The molecule has 0 aliphatic rings. The molecule has 2 aromatic rings. The summed E-state index contributed by atoms with van der Waals surface area (Å²) in [6, 6.07) is 7.87. The minimum absolute atomic E-state index is 0.0416. The Labute approximate surface area is 178 Å². The average molecular weight is 418 g/mol. The maximum absolute atomic E-state index is 12.2. The van der Waals surface area contributed by atoms with Gasteiger partial charge in [-0.25, -0.2) is 4.68 Å². The molecule has 0 saturated carbocycles. The number of carbonyl (C=O) groups is 1. The van der Waals surface area contributed by atoms with Crippen molar-refractivity contribution in [1.82, 2.24) is 24.6 Å². The van der Waals surface area contributed by atoms with Crippen LogP contribution >= 0.6 is 12.2 Å². The topological polar surface area (TPSA) is 64.3 Å². The fourth-order valence-electron chi connectivity index (χ4n) is 2.83. The summed E-state index contributed by atoms with van der Waals surface area (Å²) in [7, 11) is 1.86. The third kappa shape index (κ3) is 7.14. The van der Waals surface area contributed by atoms with Gasteiger partial charge in [-0.15, -0.1) is 6.58 Å². The largest absolute Gasteiger partial charge is 0.486 e. The van der Waals surface area contributed by atoms with Gasteiger partial charge in [-0.2, -0.15) is 5.10 Å². The second kappa shape index (κ2) is 9.84. The molecule has 0 atom stereocenters. The molecule has 1 N–H and O–H groups in total. The molecule has 0 aliphatic heterocycles. The number of likely N-dealkylation sites (N-methyl/N-ethyl adjacent to an activating group) is 1. The number of nitrogens with zero attached hydrogens (tertiary/aromatic N) is 4. The van der Waals surface area contributed by atoms with Crippen LogP contribution in [0.2, 0.25) is 0 Å². The van der Waals surface area contributed by atoms with Crippen LogP contribution in [0.25, 0.3) is 0 Å². The van der Waals surface area contributed by atoms with Gasteiger partial charge >= 0.3 is 0 Å². The first kappa shape index (κ1) is 22.8. The predicted molar refractivity (Wildman–Crippen MR) is 117 cm³/mol. The number of amides is 1. The van der Waals surface area contributed by atoms with Gasteiger partial charge in [0.1, 0.15) is 12.4 Å². The van der Waals surface area contributed by atoms with Crippen molar-refractivity contribution in [3.05, 3.63) is 53.1 Å². The van der Waals surface area contributed by atoms with E-state index >= 15 is 0 Å². The summed E-state index contributed by atoms with van der Waals surface area (Å²) < 4.78 is 10.1. The number of rotatable bonds is 9. The number of hydrogen-bond donors (Lipinski definition) is 1. The van der Waals surface area contributed by atoms with Gasteiger partial charge in [0, 0.05) is 12.1 Å². The third-order valence-electron chi connectivity index (χ3n) is 3.97. The van der Waals surface area contributed by atoms with E-state index in [0.717, 1.165) is 11.3 Å². The van der Waals surface area contributed by atoms with E-state index in [2.05, 4.69) is 17.0 Å². The normalized spacial score (nSPS) is 11.5. The van der Waals surface area contributed by atoms with Crippen molar-refractivity contribution < 1.29 is 9.53 Å². The van der Waals surface area contributed by atoms with Crippen LogP contribution in [0.5, 0.6) is 5.75 Å². The average Bonchev–Trinajstić information content (AvgIpc) is 2.87. The number of ether oxygens (including phenoxy) is 1. The van der Waals surface area contributed by atoms with Crippen molar-refractivity contribution in [2.24, 2.45) is 0 Å². The van der Waals surface area contributed by atoms with Gasteiger partial charge in [0.05, 0.1) is 13.2 Å². The summed E-state index contributed by atoms with van der Waals surface area (Å²) >= 11 is 5.58. The van der Waals surface area contributed by atoms with Crippen LogP contribution < -0.4 is 10.1 Å². The molecule has 1 heterocycles. The standard InChI is InChI=1S/C21H31N5O2S/c1-7-11-25-18(14-28-17-10-8-9-16(2)12-17)23-26(20(25)29)15-24(6)13-19(27)22-21(3,4)5/h7-10,12H,1,11,13-15H2,2-6H3,(H,22,27). The van der Waals surface area contributed by atoms with Crippen molar-refractivity contribution in [2.75, 3.05) is 13.6 Å². The van der Waals surface area contributed by atoms with Crippen LogP contribution in [-0.4, -0.2) is 44.3 Å². The third-order valence-corrected chi connectivity index (χ3v) is 4.40. The number of benzene rings is 1. The molecule has 158 valence electrons. The Morgan fingerprint density at radius 3 is 2.76 bits per heavy atom. The lowest BCUT2D eigenvalue weighted by molar-refractivity contribution is -0.123. The first-order valence-electron chi connectivity index (χ1n) is 9.55. The summed E-state index contributed by atoms with van der Waals surface area (Å²) in [6.45, 7) is 13.2. The predicted octanol–water partition coefficient (Wildman–Crippen LogP) is 3.29. The second-order valence-corrected chi connectivity index (χ2v) is 8.52. The molecule has 1 aromatic heterocycles. The fraction of sp³-hybridized carbons (Fsp3) is 0.476.